The number of amidine groups is 2. The van der Waals surface area contributed by atoms with Crippen molar-refractivity contribution in [3.05, 3.63) is 52.0 Å². The van der Waals surface area contributed by atoms with Crippen LogP contribution in [0.15, 0.2) is 30.3 Å². The maximum Gasteiger partial charge on any atom is 0.287 e. The molecule has 37 heavy (non-hydrogen) atoms. The largest absolute Gasteiger partial charge is 0.508 e. The number of carbonyl (C=O) groups is 1. The highest BCUT2D eigenvalue weighted by Crippen LogP contribution is 2.35. The summed E-state index contributed by atoms with van der Waals surface area (Å²) in [5.41, 5.74) is 1.88. The summed E-state index contributed by atoms with van der Waals surface area (Å²) in [5, 5.41) is 41.2. The number of phenolic OH excluding ortho intramolecular Hbond substituents is 2. The monoisotopic (exact) mass is 528 g/mol. The number of aromatic hydroxyl groups is 2. The van der Waals surface area contributed by atoms with Gasteiger partial charge in [0.15, 0.2) is 5.84 Å². The van der Waals surface area contributed by atoms with Gasteiger partial charge < -0.3 is 20.4 Å². The van der Waals surface area contributed by atoms with Gasteiger partial charge in [0, 0.05) is 45.3 Å². The van der Waals surface area contributed by atoms with Crippen molar-refractivity contribution in [1.29, 1.82) is 10.8 Å². The second kappa shape index (κ2) is 12.4. The average Bonchev–Trinajstić information content (AvgIpc) is 2.85. The van der Waals surface area contributed by atoms with Crippen LogP contribution in [0.2, 0.25) is 5.02 Å². The van der Waals surface area contributed by atoms with Crippen LogP contribution in [0.4, 0.5) is 5.69 Å². The predicted octanol–water partition coefficient (Wildman–Crippen LogP) is 3.96. The predicted molar refractivity (Wildman–Crippen MR) is 148 cm³/mol. The second-order valence-electron chi connectivity index (χ2n) is 9.47. The summed E-state index contributed by atoms with van der Waals surface area (Å²) in [6, 6.07) is 8.06. The summed E-state index contributed by atoms with van der Waals surface area (Å²) in [6.45, 7) is 13.7. The van der Waals surface area contributed by atoms with E-state index < -0.39 is 11.7 Å². The lowest BCUT2D eigenvalue weighted by Crippen LogP contribution is -2.46. The molecule has 200 valence electrons. The molecule has 1 saturated heterocycles. The summed E-state index contributed by atoms with van der Waals surface area (Å²) in [6.07, 6.45) is 0. The van der Waals surface area contributed by atoms with Crippen LogP contribution in [0.5, 0.6) is 11.5 Å². The molecule has 0 atom stereocenters. The first kappa shape index (κ1) is 28.4. The van der Waals surface area contributed by atoms with Crippen LogP contribution >= 0.6 is 11.6 Å². The van der Waals surface area contributed by atoms with Crippen molar-refractivity contribution in [3.8, 4) is 11.5 Å². The Kier molecular flexibility index (Phi) is 9.53. The summed E-state index contributed by atoms with van der Waals surface area (Å²) < 4.78 is 0. The Morgan fingerprint density at radius 1 is 1.05 bits per heavy atom. The Labute approximate surface area is 223 Å². The first-order valence-corrected chi connectivity index (χ1v) is 13.0. The zero-order valence-corrected chi connectivity index (χ0v) is 22.7. The van der Waals surface area contributed by atoms with E-state index in [2.05, 4.69) is 22.0 Å². The fourth-order valence-electron chi connectivity index (χ4n) is 4.42. The first-order chi connectivity index (χ1) is 17.6. The van der Waals surface area contributed by atoms with Gasteiger partial charge in [-0.2, -0.15) is 0 Å². The van der Waals surface area contributed by atoms with E-state index in [1.54, 1.807) is 19.1 Å². The van der Waals surface area contributed by atoms with Crippen LogP contribution in [-0.4, -0.2) is 76.9 Å². The maximum atomic E-state index is 12.7. The van der Waals surface area contributed by atoms with Crippen molar-refractivity contribution >= 4 is 34.9 Å². The van der Waals surface area contributed by atoms with Crippen LogP contribution in [0.25, 0.3) is 0 Å². The normalized spacial score (nSPS) is 14.5. The number of hydrogen-bond donors (Lipinski definition) is 5. The smallest absolute Gasteiger partial charge is 0.287 e. The summed E-state index contributed by atoms with van der Waals surface area (Å²) >= 11 is 6.70. The van der Waals surface area contributed by atoms with E-state index >= 15 is 0 Å². The molecule has 0 saturated carbocycles. The Morgan fingerprint density at radius 2 is 1.70 bits per heavy atom. The van der Waals surface area contributed by atoms with Gasteiger partial charge in [-0.05, 0) is 48.7 Å². The topological polar surface area (TPSA) is 127 Å². The molecular formula is C27H37ClN6O3. The van der Waals surface area contributed by atoms with Crippen molar-refractivity contribution in [2.24, 2.45) is 0 Å². The van der Waals surface area contributed by atoms with Crippen LogP contribution in [0, 0.1) is 10.8 Å². The number of anilines is 1. The molecule has 3 rings (SSSR count). The minimum Gasteiger partial charge on any atom is -0.508 e. The van der Waals surface area contributed by atoms with E-state index in [0.717, 1.165) is 49.7 Å². The molecular weight excluding hydrogens is 492 g/mol. The van der Waals surface area contributed by atoms with Crippen LogP contribution in [0.3, 0.4) is 0 Å². The van der Waals surface area contributed by atoms with Gasteiger partial charge in [0.1, 0.15) is 17.3 Å². The number of benzene rings is 2. The molecule has 0 aromatic heterocycles. The molecule has 9 nitrogen and oxygen atoms in total. The summed E-state index contributed by atoms with van der Waals surface area (Å²) in [4.78, 5) is 18.6. The molecule has 0 unspecified atom stereocenters. The Bertz CT molecular complexity index is 1160. The lowest BCUT2D eigenvalue weighted by molar-refractivity contribution is -0.114. The quantitative estimate of drug-likeness (QED) is 0.273. The number of nitrogens with zero attached hydrogens (tertiary/aromatic N) is 3. The number of halogens is 1. The molecule has 0 spiro atoms. The third kappa shape index (κ3) is 6.60. The lowest BCUT2D eigenvalue weighted by atomic mass is 9.98. The van der Waals surface area contributed by atoms with Gasteiger partial charge in [0.2, 0.25) is 0 Å². The van der Waals surface area contributed by atoms with E-state index in [0.29, 0.717) is 12.1 Å². The number of nitrogens with one attached hydrogen (secondary N) is 3. The van der Waals surface area contributed by atoms with E-state index in [1.165, 1.54) is 12.1 Å². The third-order valence-electron chi connectivity index (χ3n) is 6.59. The van der Waals surface area contributed by atoms with Crippen molar-refractivity contribution in [1.82, 2.24) is 15.1 Å². The second-order valence-corrected chi connectivity index (χ2v) is 9.88. The molecule has 1 heterocycles. The van der Waals surface area contributed by atoms with Crippen LogP contribution < -0.4 is 10.2 Å². The fraction of sp³-hybridized carbons (Fsp3) is 0.444. The average molecular weight is 529 g/mol. The highest BCUT2D eigenvalue weighted by molar-refractivity contribution is 6.49. The summed E-state index contributed by atoms with van der Waals surface area (Å²) in [7, 11) is 0. The van der Waals surface area contributed by atoms with Gasteiger partial charge in [-0.25, -0.2) is 0 Å². The molecule has 0 aliphatic carbocycles. The molecule has 1 aliphatic rings. The van der Waals surface area contributed by atoms with Gasteiger partial charge in [0.25, 0.3) is 5.91 Å². The third-order valence-corrected chi connectivity index (χ3v) is 6.90. The van der Waals surface area contributed by atoms with Crippen molar-refractivity contribution < 1.29 is 15.0 Å². The first-order valence-electron chi connectivity index (χ1n) is 12.6. The molecule has 5 N–H and O–H groups in total. The number of piperazine rings is 1. The number of carbonyl (C=O) groups excluding carboxylic acids is 1. The van der Waals surface area contributed by atoms with E-state index in [4.69, 9.17) is 22.4 Å². The van der Waals surface area contributed by atoms with Gasteiger partial charge in [-0.3, -0.25) is 25.4 Å². The Morgan fingerprint density at radius 3 is 2.27 bits per heavy atom. The van der Waals surface area contributed by atoms with E-state index in [-0.39, 0.29) is 39.5 Å². The van der Waals surface area contributed by atoms with Gasteiger partial charge in [-0.1, -0.05) is 38.4 Å². The summed E-state index contributed by atoms with van der Waals surface area (Å²) in [5.74, 6) is -1.98. The van der Waals surface area contributed by atoms with Crippen LogP contribution in [-0.2, 0) is 11.3 Å². The van der Waals surface area contributed by atoms with Crippen molar-refractivity contribution in [3.63, 3.8) is 0 Å². The number of likely N-dealkylation sites (N-methyl/N-ethyl adjacent to an activating group) is 2. The van der Waals surface area contributed by atoms with Gasteiger partial charge in [-0.15, -0.1) is 0 Å². The van der Waals surface area contributed by atoms with Gasteiger partial charge >= 0.3 is 0 Å². The van der Waals surface area contributed by atoms with Crippen LogP contribution in [0.1, 0.15) is 50.3 Å². The standard InChI is InChI=1S/C27H37ClN6O3/c1-5-31-27(37)26(30)34(25(29)20-14-19(17(3)4)23(35)15-24(20)36)22-8-7-18(13-21(22)28)16-33-11-9-32(6-2)10-12-33/h7-8,13-15,17,29-30,35-36H,5-6,9-12,16H2,1-4H3,(H,31,37). The van der Waals surface area contributed by atoms with E-state index in [9.17, 15) is 15.0 Å². The molecule has 2 aromatic carbocycles. The molecule has 0 bridgehead atoms. The van der Waals surface area contributed by atoms with Crippen molar-refractivity contribution in [2.75, 3.05) is 44.2 Å². The molecule has 1 fully saturated rings. The SMILES string of the molecule is CCNC(=O)C(=N)N(C(=N)c1cc(C(C)C)c(O)cc1O)c1ccc(CN2CCN(CC)CC2)cc1Cl. The Balaban J connectivity index is 1.97. The zero-order valence-electron chi connectivity index (χ0n) is 21.9. The van der Waals surface area contributed by atoms with E-state index in [1.807, 2.05) is 19.9 Å². The molecule has 0 radical (unpaired) electrons. The minimum absolute atomic E-state index is 0.0736. The molecule has 1 aliphatic heterocycles. The fourth-order valence-corrected chi connectivity index (χ4v) is 4.70. The number of phenols is 2. The minimum atomic E-state index is -0.677. The lowest BCUT2D eigenvalue weighted by Gasteiger charge is -2.34. The zero-order chi connectivity index (χ0) is 27.3. The van der Waals surface area contributed by atoms with Gasteiger partial charge in [0.05, 0.1) is 16.3 Å². The number of hydrogen-bond acceptors (Lipinski definition) is 7. The molecule has 10 heteroatoms. The highest BCUT2D eigenvalue weighted by atomic mass is 35.5. The Hall–Kier alpha value is -3.14. The highest BCUT2D eigenvalue weighted by Gasteiger charge is 2.28. The number of amides is 1. The van der Waals surface area contributed by atoms with Crippen molar-refractivity contribution in [2.45, 2.75) is 40.2 Å². The number of rotatable bonds is 7. The molecule has 2 aromatic rings. The maximum absolute atomic E-state index is 12.7. The molecule has 1 amide bonds.